The quantitative estimate of drug-likeness (QED) is 0.680. The number of amidine groups is 1. The maximum atomic E-state index is 14.0. The van der Waals surface area contributed by atoms with Gasteiger partial charge < -0.3 is 15.6 Å². The molecule has 11 heteroatoms. The number of nitrogens with one attached hydrogen (secondary N) is 1. The topological polar surface area (TPSA) is 110 Å². The molecule has 0 saturated carbocycles. The van der Waals surface area contributed by atoms with E-state index in [9.17, 15) is 22.4 Å². The highest BCUT2D eigenvalue weighted by molar-refractivity contribution is 5.90. The summed E-state index contributed by atoms with van der Waals surface area (Å²) in [5.41, 5.74) is 3.20. The molecule has 0 aromatic carbocycles. The predicted octanol–water partition coefficient (Wildman–Crippen LogP) is 1.99. The van der Waals surface area contributed by atoms with Crippen molar-refractivity contribution in [1.29, 1.82) is 0 Å². The van der Waals surface area contributed by atoms with Crippen molar-refractivity contribution in [3.8, 4) is 0 Å². The number of nitrogens with zero attached hydrogens (tertiary/aromatic N) is 2. The van der Waals surface area contributed by atoms with Gasteiger partial charge in [0.25, 0.3) is 6.02 Å². The SMILES string of the molecule is C[C@@]1(c2nc(N)ccc2F)C[C@@H](C(F)(F)F)OC(NC(=O)O)=N1. The van der Waals surface area contributed by atoms with Gasteiger partial charge in [-0.25, -0.2) is 24.5 Å². The molecule has 1 aromatic heterocycles. The lowest BCUT2D eigenvalue weighted by Crippen LogP contribution is -2.48. The Labute approximate surface area is 127 Å². The fraction of sp³-hybridized carbons (Fsp3) is 0.417. The molecule has 0 bridgehead atoms. The number of carboxylic acid groups (broad SMARTS) is 1. The van der Waals surface area contributed by atoms with Crippen LogP contribution in [0.3, 0.4) is 0 Å². The van der Waals surface area contributed by atoms with E-state index in [1.807, 2.05) is 0 Å². The first kappa shape index (κ1) is 16.8. The molecule has 2 heterocycles. The summed E-state index contributed by atoms with van der Waals surface area (Å²) >= 11 is 0. The maximum absolute atomic E-state index is 14.0. The van der Waals surface area contributed by atoms with Gasteiger partial charge in [-0.3, -0.25) is 0 Å². The summed E-state index contributed by atoms with van der Waals surface area (Å²) in [5.74, 6) is -1.02. The first-order valence-electron chi connectivity index (χ1n) is 6.27. The van der Waals surface area contributed by atoms with Crippen LogP contribution in [0.15, 0.2) is 17.1 Å². The zero-order chi connectivity index (χ0) is 17.4. The second-order valence-electron chi connectivity index (χ2n) is 5.04. The van der Waals surface area contributed by atoms with E-state index in [4.69, 9.17) is 10.8 Å². The zero-order valence-corrected chi connectivity index (χ0v) is 11.7. The Hall–Kier alpha value is -2.59. The van der Waals surface area contributed by atoms with Gasteiger partial charge in [0.1, 0.15) is 22.9 Å². The zero-order valence-electron chi connectivity index (χ0n) is 11.7. The van der Waals surface area contributed by atoms with Crippen molar-refractivity contribution < 1.29 is 32.2 Å². The van der Waals surface area contributed by atoms with E-state index in [2.05, 4.69) is 14.7 Å². The van der Waals surface area contributed by atoms with Crippen LogP contribution in [-0.4, -0.2) is 34.5 Å². The maximum Gasteiger partial charge on any atom is 0.425 e. The van der Waals surface area contributed by atoms with Crippen LogP contribution in [0.25, 0.3) is 0 Å². The molecule has 0 unspecified atom stereocenters. The minimum absolute atomic E-state index is 0.111. The normalized spacial score (nSPS) is 24.6. The number of aliphatic imine (C=N–C) groups is 1. The number of nitrogen functional groups attached to an aromatic ring is 1. The van der Waals surface area contributed by atoms with Crippen LogP contribution in [-0.2, 0) is 10.3 Å². The highest BCUT2D eigenvalue weighted by Gasteiger charge is 2.51. The molecule has 0 spiro atoms. The third-order valence-electron chi connectivity index (χ3n) is 3.14. The Bertz CT molecular complexity index is 664. The molecule has 1 aliphatic rings. The Morgan fingerprint density at radius 2 is 2.17 bits per heavy atom. The molecule has 2 atom stereocenters. The molecular formula is C12H12F4N4O3. The number of hydrogen-bond donors (Lipinski definition) is 3. The Kier molecular flexibility index (Phi) is 4.05. The third kappa shape index (κ3) is 3.60. The van der Waals surface area contributed by atoms with E-state index < -0.39 is 47.9 Å². The minimum Gasteiger partial charge on any atom is -0.465 e. The van der Waals surface area contributed by atoms with Crippen LogP contribution in [0.2, 0.25) is 0 Å². The molecule has 1 amide bonds. The van der Waals surface area contributed by atoms with Crippen LogP contribution in [0.1, 0.15) is 19.0 Å². The third-order valence-corrected chi connectivity index (χ3v) is 3.14. The fourth-order valence-corrected chi connectivity index (χ4v) is 2.15. The Morgan fingerprint density at radius 3 is 2.74 bits per heavy atom. The van der Waals surface area contributed by atoms with E-state index in [-0.39, 0.29) is 5.82 Å². The summed E-state index contributed by atoms with van der Waals surface area (Å²) in [6, 6.07) is 1.20. The number of anilines is 1. The second kappa shape index (κ2) is 5.56. The summed E-state index contributed by atoms with van der Waals surface area (Å²) in [4.78, 5) is 18.1. The van der Waals surface area contributed by atoms with Crippen molar-refractivity contribution in [1.82, 2.24) is 10.3 Å². The lowest BCUT2D eigenvalue weighted by molar-refractivity contribution is -0.208. The van der Waals surface area contributed by atoms with Crippen LogP contribution in [0, 0.1) is 5.82 Å². The number of ether oxygens (including phenoxy) is 1. The molecule has 4 N–H and O–H groups in total. The average molecular weight is 336 g/mol. The fourth-order valence-electron chi connectivity index (χ4n) is 2.15. The summed E-state index contributed by atoms with van der Waals surface area (Å²) in [6.07, 6.45) is -9.64. The molecule has 0 fully saturated rings. The van der Waals surface area contributed by atoms with Gasteiger partial charge in [-0.15, -0.1) is 0 Å². The monoisotopic (exact) mass is 336 g/mol. The first-order chi connectivity index (χ1) is 10.5. The first-order valence-corrected chi connectivity index (χ1v) is 6.27. The smallest absolute Gasteiger partial charge is 0.425 e. The number of aromatic nitrogens is 1. The van der Waals surface area contributed by atoms with Crippen molar-refractivity contribution in [2.45, 2.75) is 31.2 Å². The van der Waals surface area contributed by atoms with E-state index >= 15 is 0 Å². The van der Waals surface area contributed by atoms with Crippen molar-refractivity contribution in [2.24, 2.45) is 4.99 Å². The highest BCUT2D eigenvalue weighted by atomic mass is 19.4. The second-order valence-corrected chi connectivity index (χ2v) is 5.04. The van der Waals surface area contributed by atoms with Crippen molar-refractivity contribution in [2.75, 3.05) is 5.73 Å². The van der Waals surface area contributed by atoms with Crippen LogP contribution in [0.4, 0.5) is 28.2 Å². The number of carbonyl (C=O) groups is 1. The van der Waals surface area contributed by atoms with E-state index in [0.717, 1.165) is 12.1 Å². The Balaban J connectivity index is 2.52. The number of pyridine rings is 1. The number of halogens is 4. The number of rotatable bonds is 1. The minimum atomic E-state index is -4.81. The molecule has 1 aliphatic heterocycles. The van der Waals surface area contributed by atoms with Gasteiger partial charge >= 0.3 is 12.3 Å². The number of nitrogens with two attached hydrogens (primary N) is 1. The largest absolute Gasteiger partial charge is 0.465 e. The van der Waals surface area contributed by atoms with Crippen molar-refractivity contribution in [3.05, 3.63) is 23.6 Å². The van der Waals surface area contributed by atoms with Crippen molar-refractivity contribution in [3.63, 3.8) is 0 Å². The standard InChI is InChI=1S/C12H12F4N4O3/c1-11(8-5(13)2-3-7(17)18-8)4-6(12(14,15)16)23-9(20-11)19-10(21)22/h2-3,6H,4H2,1H3,(H2,17,18)(H,19,20)(H,21,22)/t6-,11-/m0/s1. The van der Waals surface area contributed by atoms with Gasteiger partial charge in [0.2, 0.25) is 0 Å². The number of hydrogen-bond acceptors (Lipinski definition) is 5. The van der Waals surface area contributed by atoms with E-state index in [1.165, 1.54) is 6.92 Å². The molecular weight excluding hydrogens is 324 g/mol. The van der Waals surface area contributed by atoms with Gasteiger partial charge in [-0.2, -0.15) is 13.2 Å². The van der Waals surface area contributed by atoms with Gasteiger partial charge in [-0.1, -0.05) is 0 Å². The van der Waals surface area contributed by atoms with Crippen molar-refractivity contribution >= 4 is 17.9 Å². The van der Waals surface area contributed by atoms with E-state index in [0.29, 0.717) is 0 Å². The molecule has 0 saturated heterocycles. The molecule has 0 aliphatic carbocycles. The van der Waals surface area contributed by atoms with Gasteiger partial charge in [0.05, 0.1) is 0 Å². The molecule has 23 heavy (non-hydrogen) atoms. The lowest BCUT2D eigenvalue weighted by Gasteiger charge is -2.35. The number of amides is 1. The summed E-state index contributed by atoms with van der Waals surface area (Å²) < 4.78 is 57.5. The molecule has 7 nitrogen and oxygen atoms in total. The highest BCUT2D eigenvalue weighted by Crippen LogP contribution is 2.40. The molecule has 1 aromatic rings. The van der Waals surface area contributed by atoms with Gasteiger partial charge in [0.15, 0.2) is 6.10 Å². The molecule has 2 rings (SSSR count). The Morgan fingerprint density at radius 1 is 1.52 bits per heavy atom. The van der Waals surface area contributed by atoms with Gasteiger partial charge in [-0.05, 0) is 19.1 Å². The van der Waals surface area contributed by atoms with Crippen LogP contribution >= 0.6 is 0 Å². The molecule has 126 valence electrons. The van der Waals surface area contributed by atoms with Gasteiger partial charge in [0, 0.05) is 6.42 Å². The summed E-state index contributed by atoms with van der Waals surface area (Å²) in [7, 11) is 0. The number of alkyl halides is 3. The van der Waals surface area contributed by atoms with Crippen LogP contribution in [0.5, 0.6) is 0 Å². The molecule has 0 radical (unpaired) electrons. The predicted molar refractivity (Wildman–Crippen MR) is 70.1 cm³/mol. The average Bonchev–Trinajstić information content (AvgIpc) is 2.39. The summed E-state index contributed by atoms with van der Waals surface area (Å²) in [5, 5.41) is 10.2. The van der Waals surface area contributed by atoms with Crippen LogP contribution < -0.4 is 11.1 Å². The summed E-state index contributed by atoms with van der Waals surface area (Å²) in [6.45, 7) is 1.18. The lowest BCUT2D eigenvalue weighted by atomic mass is 9.89. The van der Waals surface area contributed by atoms with E-state index in [1.54, 1.807) is 5.32 Å².